The molecule has 1 aliphatic heterocycles. The molecule has 3 rings (SSSR count). The Bertz CT molecular complexity index is 525. The molecule has 104 valence electrons. The molecule has 1 aliphatic carbocycles. The van der Waals surface area contributed by atoms with Gasteiger partial charge in [-0.15, -0.1) is 0 Å². The molecule has 0 saturated heterocycles. The van der Waals surface area contributed by atoms with E-state index in [1.165, 1.54) is 0 Å². The highest BCUT2D eigenvalue weighted by molar-refractivity contribution is 5.70. The van der Waals surface area contributed by atoms with Crippen molar-refractivity contribution in [2.45, 2.75) is 58.3 Å². The molecule has 2 heterocycles. The molecule has 0 bridgehead atoms. The van der Waals surface area contributed by atoms with E-state index in [-0.39, 0.29) is 6.09 Å². The Kier molecular flexibility index (Phi) is 2.52. The summed E-state index contributed by atoms with van der Waals surface area (Å²) in [6.07, 6.45) is 2.02. The zero-order chi connectivity index (χ0) is 13.8. The quantitative estimate of drug-likeness (QED) is 0.842. The van der Waals surface area contributed by atoms with E-state index in [1.807, 2.05) is 25.5 Å². The number of ether oxygens (including phenoxy) is 1. The third-order valence-corrected chi connectivity index (χ3v) is 3.38. The lowest BCUT2D eigenvalue weighted by Crippen LogP contribution is -2.33. The van der Waals surface area contributed by atoms with Crippen LogP contribution in [0.4, 0.5) is 10.6 Å². The number of carbonyl (C=O) groups is 1. The standard InChI is InChI=1S/C13H20N4O2/c1-13(2,3)19-12(18)16-6-9-10(7-16)17(8-4-5-8)15-11(9)14/h8H,4-7H2,1-3H3,(H2,14,15). The maximum Gasteiger partial charge on any atom is 0.410 e. The van der Waals surface area contributed by atoms with E-state index in [0.29, 0.717) is 24.9 Å². The first kappa shape index (κ1) is 12.3. The van der Waals surface area contributed by atoms with Gasteiger partial charge in [-0.1, -0.05) is 0 Å². The van der Waals surface area contributed by atoms with Gasteiger partial charge in [-0.3, -0.25) is 9.58 Å². The van der Waals surface area contributed by atoms with Crippen LogP contribution in [0.2, 0.25) is 0 Å². The second-order valence-corrected chi connectivity index (χ2v) is 6.32. The number of carbonyl (C=O) groups excluding carboxylic acids is 1. The molecule has 0 radical (unpaired) electrons. The summed E-state index contributed by atoms with van der Waals surface area (Å²) in [5.74, 6) is 0.549. The summed E-state index contributed by atoms with van der Waals surface area (Å²) in [7, 11) is 0. The predicted octanol–water partition coefficient (Wildman–Crippen LogP) is 2.05. The van der Waals surface area contributed by atoms with Crippen LogP contribution in [-0.2, 0) is 17.8 Å². The van der Waals surface area contributed by atoms with Gasteiger partial charge in [0, 0.05) is 5.56 Å². The summed E-state index contributed by atoms with van der Waals surface area (Å²) in [4.78, 5) is 13.8. The molecule has 6 nitrogen and oxygen atoms in total. The Morgan fingerprint density at radius 3 is 2.63 bits per heavy atom. The Hall–Kier alpha value is -1.72. The van der Waals surface area contributed by atoms with Crippen molar-refractivity contribution in [3.05, 3.63) is 11.3 Å². The predicted molar refractivity (Wildman–Crippen MR) is 70.4 cm³/mol. The first-order chi connectivity index (χ1) is 8.85. The smallest absolute Gasteiger partial charge is 0.410 e. The second-order valence-electron chi connectivity index (χ2n) is 6.32. The van der Waals surface area contributed by atoms with Crippen molar-refractivity contribution >= 4 is 11.9 Å². The zero-order valence-electron chi connectivity index (χ0n) is 11.6. The van der Waals surface area contributed by atoms with Crippen LogP contribution in [0.5, 0.6) is 0 Å². The molecule has 0 spiro atoms. The molecule has 6 heteroatoms. The van der Waals surface area contributed by atoms with Gasteiger partial charge >= 0.3 is 6.09 Å². The fourth-order valence-corrected chi connectivity index (χ4v) is 2.37. The summed E-state index contributed by atoms with van der Waals surface area (Å²) < 4.78 is 7.39. The lowest BCUT2D eigenvalue weighted by Gasteiger charge is -2.24. The monoisotopic (exact) mass is 264 g/mol. The molecule has 2 N–H and O–H groups in total. The number of hydrogen-bond acceptors (Lipinski definition) is 4. The maximum atomic E-state index is 12.1. The Morgan fingerprint density at radius 1 is 1.37 bits per heavy atom. The molecular weight excluding hydrogens is 244 g/mol. The molecule has 0 unspecified atom stereocenters. The number of nitrogens with two attached hydrogens (primary N) is 1. The zero-order valence-corrected chi connectivity index (χ0v) is 11.6. The van der Waals surface area contributed by atoms with Gasteiger partial charge in [-0.25, -0.2) is 4.79 Å². The lowest BCUT2D eigenvalue weighted by molar-refractivity contribution is 0.0238. The van der Waals surface area contributed by atoms with Crippen molar-refractivity contribution < 1.29 is 9.53 Å². The average molecular weight is 264 g/mol. The summed E-state index contributed by atoms with van der Waals surface area (Å²) in [6.45, 7) is 6.66. The largest absolute Gasteiger partial charge is 0.444 e. The SMILES string of the molecule is CC(C)(C)OC(=O)N1Cc2c(N)nn(C3CC3)c2C1. The summed E-state index contributed by atoms with van der Waals surface area (Å²) in [5, 5.41) is 4.38. The summed E-state index contributed by atoms with van der Waals surface area (Å²) in [6, 6.07) is 0.477. The van der Waals surface area contributed by atoms with Crippen molar-refractivity contribution in [1.29, 1.82) is 0 Å². The molecule has 0 atom stereocenters. The van der Waals surface area contributed by atoms with Gasteiger partial charge in [-0.05, 0) is 33.6 Å². The van der Waals surface area contributed by atoms with E-state index in [4.69, 9.17) is 10.5 Å². The fraction of sp³-hybridized carbons (Fsp3) is 0.692. The molecule has 1 saturated carbocycles. The van der Waals surface area contributed by atoms with E-state index in [9.17, 15) is 4.79 Å². The van der Waals surface area contributed by atoms with Crippen molar-refractivity contribution in [2.24, 2.45) is 0 Å². The van der Waals surface area contributed by atoms with Gasteiger partial charge < -0.3 is 10.5 Å². The number of fused-ring (bicyclic) bond motifs is 1. The maximum absolute atomic E-state index is 12.1. The van der Waals surface area contributed by atoms with Gasteiger partial charge in [0.15, 0.2) is 5.82 Å². The number of nitrogens with zero attached hydrogens (tertiary/aromatic N) is 3. The number of amides is 1. The number of rotatable bonds is 1. The third-order valence-electron chi connectivity index (χ3n) is 3.38. The van der Waals surface area contributed by atoms with Gasteiger partial charge in [0.05, 0.1) is 24.8 Å². The van der Waals surface area contributed by atoms with Crippen LogP contribution in [-0.4, -0.2) is 26.4 Å². The van der Waals surface area contributed by atoms with Crippen molar-refractivity contribution in [3.8, 4) is 0 Å². The summed E-state index contributed by atoms with van der Waals surface area (Å²) >= 11 is 0. The van der Waals surface area contributed by atoms with Gasteiger partial charge in [-0.2, -0.15) is 5.10 Å². The highest BCUT2D eigenvalue weighted by atomic mass is 16.6. The molecule has 2 aliphatic rings. The number of nitrogen functional groups attached to an aromatic ring is 1. The van der Waals surface area contributed by atoms with Crippen LogP contribution >= 0.6 is 0 Å². The number of anilines is 1. The van der Waals surface area contributed by atoms with Gasteiger partial charge in [0.2, 0.25) is 0 Å². The molecule has 1 aromatic rings. The normalized spacial score (nSPS) is 18.6. The minimum absolute atomic E-state index is 0.287. The first-order valence-corrected chi connectivity index (χ1v) is 6.69. The Morgan fingerprint density at radius 2 is 2.05 bits per heavy atom. The van der Waals surface area contributed by atoms with E-state index in [1.54, 1.807) is 4.90 Å². The Labute approximate surface area is 112 Å². The average Bonchev–Trinajstić information content (AvgIpc) is 2.92. The molecule has 1 amide bonds. The second kappa shape index (κ2) is 3.88. The molecule has 1 fully saturated rings. The molecular formula is C13H20N4O2. The van der Waals surface area contributed by atoms with E-state index >= 15 is 0 Å². The third kappa shape index (κ3) is 2.27. The van der Waals surface area contributed by atoms with Gasteiger partial charge in [0.25, 0.3) is 0 Å². The minimum atomic E-state index is -0.472. The van der Waals surface area contributed by atoms with E-state index in [2.05, 4.69) is 5.10 Å². The first-order valence-electron chi connectivity index (χ1n) is 6.69. The van der Waals surface area contributed by atoms with E-state index < -0.39 is 5.60 Å². The molecule has 1 aromatic heterocycles. The van der Waals surface area contributed by atoms with Crippen LogP contribution in [0.3, 0.4) is 0 Å². The van der Waals surface area contributed by atoms with Gasteiger partial charge in [0.1, 0.15) is 5.60 Å². The van der Waals surface area contributed by atoms with Crippen LogP contribution in [0.25, 0.3) is 0 Å². The van der Waals surface area contributed by atoms with Crippen molar-refractivity contribution in [2.75, 3.05) is 5.73 Å². The fourth-order valence-electron chi connectivity index (χ4n) is 2.37. The lowest BCUT2D eigenvalue weighted by atomic mass is 10.2. The topological polar surface area (TPSA) is 73.4 Å². The highest BCUT2D eigenvalue weighted by Gasteiger charge is 2.36. The van der Waals surface area contributed by atoms with Crippen LogP contribution in [0.1, 0.15) is 50.9 Å². The van der Waals surface area contributed by atoms with Crippen molar-refractivity contribution in [1.82, 2.24) is 14.7 Å². The van der Waals surface area contributed by atoms with Crippen LogP contribution in [0, 0.1) is 0 Å². The highest BCUT2D eigenvalue weighted by Crippen LogP contribution is 2.39. The van der Waals surface area contributed by atoms with Crippen LogP contribution < -0.4 is 5.73 Å². The van der Waals surface area contributed by atoms with E-state index in [0.717, 1.165) is 24.1 Å². The molecule has 0 aromatic carbocycles. The number of aromatic nitrogens is 2. The molecule has 19 heavy (non-hydrogen) atoms. The minimum Gasteiger partial charge on any atom is -0.444 e. The number of hydrogen-bond donors (Lipinski definition) is 1. The Balaban J connectivity index is 1.77. The van der Waals surface area contributed by atoms with Crippen LogP contribution in [0.15, 0.2) is 0 Å². The van der Waals surface area contributed by atoms with Crippen molar-refractivity contribution in [3.63, 3.8) is 0 Å². The summed E-state index contributed by atoms with van der Waals surface area (Å²) in [5.41, 5.74) is 7.52.